The molecule has 1 atom stereocenters. The van der Waals surface area contributed by atoms with Crippen LogP contribution in [0.5, 0.6) is 5.75 Å². The summed E-state index contributed by atoms with van der Waals surface area (Å²) < 4.78 is 10.4. The van der Waals surface area contributed by atoms with Gasteiger partial charge in [-0.1, -0.05) is 30.3 Å². The van der Waals surface area contributed by atoms with Crippen LogP contribution in [0.15, 0.2) is 53.9 Å². The molecule has 1 N–H and O–H groups in total. The number of nitrogens with one attached hydrogen (secondary N) is 1. The summed E-state index contributed by atoms with van der Waals surface area (Å²) in [6.45, 7) is 0.568. The first-order valence-corrected chi connectivity index (χ1v) is 11.4. The van der Waals surface area contributed by atoms with E-state index in [1.54, 1.807) is 11.4 Å². The normalized spacial score (nSPS) is 15.1. The summed E-state index contributed by atoms with van der Waals surface area (Å²) in [5.74, 6) is -0.200. The summed E-state index contributed by atoms with van der Waals surface area (Å²) in [6, 6.07) is 13.2. The molecule has 2 amide bonds. The van der Waals surface area contributed by atoms with Gasteiger partial charge < -0.3 is 14.8 Å². The number of nitrogens with zero attached hydrogens (tertiary/aromatic N) is 3. The molecule has 1 fully saturated rings. The maximum absolute atomic E-state index is 12.9. The van der Waals surface area contributed by atoms with Crippen LogP contribution >= 0.6 is 11.3 Å². The molecular formula is C23H22N4O6S. The minimum absolute atomic E-state index is 0.133. The molecule has 0 aliphatic carbocycles. The first-order valence-electron chi connectivity index (χ1n) is 10.5. The number of aromatic nitrogens is 1. The number of anilines is 1. The minimum atomic E-state index is -0.655. The van der Waals surface area contributed by atoms with Crippen LogP contribution < -0.4 is 10.1 Å². The van der Waals surface area contributed by atoms with E-state index >= 15 is 0 Å². The van der Waals surface area contributed by atoms with Crippen LogP contribution in [0.1, 0.15) is 18.4 Å². The Hall–Kier alpha value is -3.99. The fraction of sp³-hybridized carbons (Fsp3) is 0.261. The van der Waals surface area contributed by atoms with Gasteiger partial charge in [0, 0.05) is 23.6 Å². The molecular weight excluding hydrogens is 460 g/mol. The zero-order chi connectivity index (χ0) is 24.1. The molecule has 11 heteroatoms. The van der Waals surface area contributed by atoms with Gasteiger partial charge in [0.2, 0.25) is 5.91 Å². The average molecular weight is 483 g/mol. The number of hydrogen-bond donors (Lipinski definition) is 1. The Labute approximate surface area is 199 Å². The van der Waals surface area contributed by atoms with Crippen molar-refractivity contribution in [1.29, 1.82) is 0 Å². The topological polar surface area (TPSA) is 124 Å². The Morgan fingerprint density at radius 2 is 2.06 bits per heavy atom. The summed E-state index contributed by atoms with van der Waals surface area (Å²) in [4.78, 5) is 42.0. The van der Waals surface area contributed by atoms with Gasteiger partial charge in [-0.05, 0) is 30.5 Å². The standard InChI is InChI=1S/C23H22N4O6S/c1-32-20-10-9-16(12-19(20)27(30)31)17-14-34-22(24-17)25-21(28)18-8-5-11-26(18)23(29)33-13-15-6-3-2-4-7-15/h2-4,6-7,9-10,12,14,18H,5,8,11,13H2,1H3,(H,24,25,28). The van der Waals surface area contributed by atoms with Crippen molar-refractivity contribution >= 4 is 34.2 Å². The van der Waals surface area contributed by atoms with Gasteiger partial charge in [0.05, 0.1) is 17.7 Å². The first kappa shape index (κ1) is 23.2. The monoisotopic (exact) mass is 482 g/mol. The predicted octanol–water partition coefficient (Wildman–Crippen LogP) is 4.47. The Morgan fingerprint density at radius 1 is 1.26 bits per heavy atom. The van der Waals surface area contributed by atoms with Crippen LogP contribution in [0.2, 0.25) is 0 Å². The van der Waals surface area contributed by atoms with E-state index < -0.39 is 17.1 Å². The van der Waals surface area contributed by atoms with E-state index in [9.17, 15) is 19.7 Å². The quantitative estimate of drug-likeness (QED) is 0.389. The molecule has 0 radical (unpaired) electrons. The molecule has 10 nitrogen and oxygen atoms in total. The maximum atomic E-state index is 12.9. The highest BCUT2D eigenvalue weighted by Crippen LogP contribution is 2.33. The number of methoxy groups -OCH3 is 1. The third kappa shape index (κ3) is 5.15. The molecule has 2 heterocycles. The SMILES string of the molecule is COc1ccc(-c2csc(NC(=O)C3CCCN3C(=O)OCc3ccccc3)n2)cc1[N+](=O)[O-]. The summed E-state index contributed by atoms with van der Waals surface area (Å²) >= 11 is 1.19. The predicted molar refractivity (Wildman–Crippen MR) is 126 cm³/mol. The Balaban J connectivity index is 1.40. The van der Waals surface area contributed by atoms with Crippen LogP contribution in [0.3, 0.4) is 0 Å². The zero-order valence-corrected chi connectivity index (χ0v) is 19.1. The molecule has 1 unspecified atom stereocenters. The van der Waals surface area contributed by atoms with Gasteiger partial charge in [-0.2, -0.15) is 0 Å². The molecule has 34 heavy (non-hydrogen) atoms. The average Bonchev–Trinajstić information content (AvgIpc) is 3.53. The van der Waals surface area contributed by atoms with E-state index in [0.717, 1.165) is 5.56 Å². The molecule has 1 aromatic heterocycles. The van der Waals surface area contributed by atoms with Crippen LogP contribution in [0.25, 0.3) is 11.3 Å². The van der Waals surface area contributed by atoms with E-state index in [1.165, 1.54) is 35.5 Å². The second-order valence-electron chi connectivity index (χ2n) is 7.56. The third-order valence-corrected chi connectivity index (χ3v) is 6.16. The summed E-state index contributed by atoms with van der Waals surface area (Å²) in [5.41, 5.74) is 1.70. The molecule has 1 aliphatic heterocycles. The summed E-state index contributed by atoms with van der Waals surface area (Å²) in [7, 11) is 1.36. The van der Waals surface area contributed by atoms with Crippen molar-refractivity contribution in [1.82, 2.24) is 9.88 Å². The van der Waals surface area contributed by atoms with Gasteiger partial charge in [-0.3, -0.25) is 19.8 Å². The lowest BCUT2D eigenvalue weighted by Crippen LogP contribution is -2.43. The molecule has 3 aromatic rings. The molecule has 1 aliphatic rings. The smallest absolute Gasteiger partial charge is 0.410 e. The van der Waals surface area contributed by atoms with E-state index in [0.29, 0.717) is 35.8 Å². The largest absolute Gasteiger partial charge is 0.490 e. The van der Waals surface area contributed by atoms with Crippen molar-refractivity contribution in [3.8, 4) is 17.0 Å². The van der Waals surface area contributed by atoms with Gasteiger partial charge in [0.25, 0.3) is 0 Å². The number of ether oxygens (including phenoxy) is 2. The fourth-order valence-corrected chi connectivity index (χ4v) is 4.43. The Kier molecular flexibility index (Phi) is 7.02. The molecule has 1 saturated heterocycles. The van der Waals surface area contributed by atoms with Crippen LogP contribution in [0.4, 0.5) is 15.6 Å². The highest BCUT2D eigenvalue weighted by molar-refractivity contribution is 7.14. The Bertz CT molecular complexity index is 1200. The van der Waals surface area contributed by atoms with Crippen LogP contribution in [-0.2, 0) is 16.1 Å². The van der Waals surface area contributed by atoms with E-state index in [1.807, 2.05) is 30.3 Å². The Morgan fingerprint density at radius 3 is 2.79 bits per heavy atom. The van der Waals surface area contributed by atoms with Crippen LogP contribution in [0, 0.1) is 10.1 Å². The number of amides is 2. The number of likely N-dealkylation sites (tertiary alicyclic amines) is 1. The third-order valence-electron chi connectivity index (χ3n) is 5.40. The number of thiazole rings is 1. The van der Waals surface area contributed by atoms with Gasteiger partial charge in [-0.15, -0.1) is 11.3 Å². The number of nitro benzene ring substituents is 1. The molecule has 176 valence electrons. The van der Waals surface area contributed by atoms with Gasteiger partial charge in [0.1, 0.15) is 12.6 Å². The lowest BCUT2D eigenvalue weighted by Gasteiger charge is -2.22. The van der Waals surface area contributed by atoms with E-state index in [-0.39, 0.29) is 24.0 Å². The van der Waals surface area contributed by atoms with Gasteiger partial charge in [0.15, 0.2) is 10.9 Å². The lowest BCUT2D eigenvalue weighted by atomic mass is 10.1. The van der Waals surface area contributed by atoms with Crippen molar-refractivity contribution in [2.45, 2.75) is 25.5 Å². The van der Waals surface area contributed by atoms with Gasteiger partial charge in [-0.25, -0.2) is 9.78 Å². The molecule has 0 spiro atoms. The molecule has 2 aromatic carbocycles. The van der Waals surface area contributed by atoms with E-state index in [2.05, 4.69) is 10.3 Å². The fourth-order valence-electron chi connectivity index (χ4n) is 3.70. The lowest BCUT2D eigenvalue weighted by molar-refractivity contribution is -0.385. The van der Waals surface area contributed by atoms with Crippen molar-refractivity contribution in [3.05, 3.63) is 69.6 Å². The van der Waals surface area contributed by atoms with Crippen LogP contribution in [-0.4, -0.2) is 46.5 Å². The highest BCUT2D eigenvalue weighted by atomic mass is 32.1. The molecule has 0 saturated carbocycles. The molecule has 4 rings (SSSR count). The van der Waals surface area contributed by atoms with Crippen molar-refractivity contribution in [3.63, 3.8) is 0 Å². The number of hydrogen-bond acceptors (Lipinski definition) is 8. The molecule has 0 bridgehead atoms. The van der Waals surface area contributed by atoms with Crippen molar-refractivity contribution in [2.24, 2.45) is 0 Å². The van der Waals surface area contributed by atoms with Gasteiger partial charge >= 0.3 is 11.8 Å². The number of carbonyl (C=O) groups excluding carboxylic acids is 2. The van der Waals surface area contributed by atoms with Crippen molar-refractivity contribution < 1.29 is 24.0 Å². The summed E-state index contributed by atoms with van der Waals surface area (Å²) in [6.07, 6.45) is 0.679. The second kappa shape index (κ2) is 10.3. The summed E-state index contributed by atoms with van der Waals surface area (Å²) in [5, 5.41) is 16.1. The first-order chi connectivity index (χ1) is 16.5. The maximum Gasteiger partial charge on any atom is 0.410 e. The number of rotatable bonds is 7. The highest BCUT2D eigenvalue weighted by Gasteiger charge is 2.35. The van der Waals surface area contributed by atoms with E-state index in [4.69, 9.17) is 9.47 Å². The number of carbonyl (C=O) groups is 2. The minimum Gasteiger partial charge on any atom is -0.490 e. The number of nitro groups is 1. The number of benzene rings is 2. The second-order valence-corrected chi connectivity index (χ2v) is 8.42. The van der Waals surface area contributed by atoms with Crippen molar-refractivity contribution in [2.75, 3.05) is 19.0 Å². The zero-order valence-electron chi connectivity index (χ0n) is 18.3.